The fourth-order valence-corrected chi connectivity index (χ4v) is 3.79. The molecule has 0 radical (unpaired) electrons. The van der Waals surface area contributed by atoms with E-state index >= 15 is 0 Å². The van der Waals surface area contributed by atoms with E-state index in [4.69, 9.17) is 4.74 Å². The summed E-state index contributed by atoms with van der Waals surface area (Å²) in [6.45, 7) is -0.175. The zero-order valence-electron chi connectivity index (χ0n) is 15.7. The number of carbonyl (C=O) groups is 2. The highest BCUT2D eigenvalue weighted by Crippen LogP contribution is 2.44. The molecule has 0 aromatic heterocycles. The smallest absolute Gasteiger partial charge is 0.416 e. The van der Waals surface area contributed by atoms with Gasteiger partial charge in [-0.1, -0.05) is 66.7 Å². The molecule has 0 saturated carbocycles. The van der Waals surface area contributed by atoms with Crippen LogP contribution in [-0.2, 0) is 22.3 Å². The van der Waals surface area contributed by atoms with E-state index in [0.29, 0.717) is 16.7 Å². The third kappa shape index (κ3) is 3.73. The fraction of sp³-hybridized carbons (Fsp3) is 0.167. The van der Waals surface area contributed by atoms with E-state index in [1.165, 1.54) is 12.1 Å². The van der Waals surface area contributed by atoms with Crippen LogP contribution < -0.4 is 0 Å². The summed E-state index contributed by atoms with van der Waals surface area (Å²) in [5.74, 6) is -2.22. The molecular formula is C24H17F3O3. The molecule has 30 heavy (non-hydrogen) atoms. The van der Waals surface area contributed by atoms with Gasteiger partial charge in [0.1, 0.15) is 6.61 Å². The minimum atomic E-state index is -4.42. The summed E-state index contributed by atoms with van der Waals surface area (Å²) in [5, 5.41) is 0. The molecule has 0 amide bonds. The van der Waals surface area contributed by atoms with Crippen molar-refractivity contribution in [1.29, 1.82) is 0 Å². The number of alkyl halides is 3. The summed E-state index contributed by atoms with van der Waals surface area (Å²) >= 11 is 0. The van der Waals surface area contributed by atoms with Gasteiger partial charge in [0.05, 0.1) is 17.4 Å². The van der Waals surface area contributed by atoms with Crippen LogP contribution in [0.2, 0.25) is 0 Å². The maximum Gasteiger partial charge on any atom is 0.416 e. The summed E-state index contributed by atoms with van der Waals surface area (Å²) in [6, 6.07) is 20.4. The molecule has 0 aliphatic heterocycles. The highest BCUT2D eigenvalue weighted by atomic mass is 19.4. The van der Waals surface area contributed by atoms with Crippen LogP contribution in [0.15, 0.2) is 78.9 Å². The number of rotatable bonds is 4. The molecule has 2 atom stereocenters. The number of Topliss-reactive ketones (excluding diaryl/α,β-unsaturated/α-hetero) is 1. The van der Waals surface area contributed by atoms with E-state index in [1.54, 1.807) is 48.5 Å². The number of esters is 1. The van der Waals surface area contributed by atoms with E-state index in [-0.39, 0.29) is 12.4 Å². The monoisotopic (exact) mass is 410 g/mol. The summed E-state index contributed by atoms with van der Waals surface area (Å²) in [4.78, 5) is 26.0. The first kappa shape index (κ1) is 19.9. The maximum atomic E-state index is 13.0. The van der Waals surface area contributed by atoms with Crippen molar-refractivity contribution >= 4 is 11.8 Å². The molecule has 3 aromatic carbocycles. The summed E-state index contributed by atoms with van der Waals surface area (Å²) in [5.41, 5.74) is 1.48. The number of halogens is 3. The largest absolute Gasteiger partial charge is 0.460 e. The molecule has 1 aliphatic carbocycles. The normalized spacial score (nSPS) is 18.2. The van der Waals surface area contributed by atoms with Gasteiger partial charge < -0.3 is 4.74 Å². The number of hydrogen-bond acceptors (Lipinski definition) is 3. The van der Waals surface area contributed by atoms with Gasteiger partial charge in [0, 0.05) is 5.56 Å². The molecule has 0 heterocycles. The van der Waals surface area contributed by atoms with Gasteiger partial charge in [-0.05, 0) is 28.8 Å². The average molecular weight is 410 g/mol. The first-order valence-corrected chi connectivity index (χ1v) is 9.37. The third-order valence-corrected chi connectivity index (χ3v) is 5.25. The van der Waals surface area contributed by atoms with Crippen LogP contribution in [0, 0.1) is 0 Å². The summed E-state index contributed by atoms with van der Waals surface area (Å²) in [6.07, 6.45) is -4.42. The Labute approximate surface area is 171 Å². The van der Waals surface area contributed by atoms with Crippen molar-refractivity contribution in [2.75, 3.05) is 0 Å². The zero-order chi connectivity index (χ0) is 21.3. The number of ether oxygens (including phenoxy) is 1. The molecular weight excluding hydrogens is 393 g/mol. The van der Waals surface area contributed by atoms with Crippen LogP contribution in [0.4, 0.5) is 13.2 Å². The molecule has 0 N–H and O–H groups in total. The van der Waals surface area contributed by atoms with Gasteiger partial charge in [-0.15, -0.1) is 0 Å². The molecule has 152 valence electrons. The first-order valence-electron chi connectivity index (χ1n) is 9.37. The van der Waals surface area contributed by atoms with Crippen molar-refractivity contribution in [2.45, 2.75) is 24.6 Å². The molecule has 1 aliphatic rings. The second kappa shape index (κ2) is 7.78. The van der Waals surface area contributed by atoms with Crippen molar-refractivity contribution in [1.82, 2.24) is 0 Å². The van der Waals surface area contributed by atoms with E-state index in [0.717, 1.165) is 17.7 Å². The van der Waals surface area contributed by atoms with Crippen LogP contribution in [0.25, 0.3) is 0 Å². The van der Waals surface area contributed by atoms with Crippen molar-refractivity contribution in [3.63, 3.8) is 0 Å². The lowest BCUT2D eigenvalue weighted by atomic mass is 9.86. The van der Waals surface area contributed by atoms with Crippen molar-refractivity contribution in [3.05, 3.63) is 107 Å². The number of ketones is 1. The quantitative estimate of drug-likeness (QED) is 0.533. The molecule has 0 spiro atoms. The van der Waals surface area contributed by atoms with Crippen LogP contribution in [0.3, 0.4) is 0 Å². The van der Waals surface area contributed by atoms with E-state index in [2.05, 4.69) is 0 Å². The van der Waals surface area contributed by atoms with Gasteiger partial charge in [0.15, 0.2) is 5.78 Å². The Morgan fingerprint density at radius 3 is 2.17 bits per heavy atom. The van der Waals surface area contributed by atoms with Crippen LogP contribution in [0.1, 0.15) is 44.4 Å². The Kier molecular flexibility index (Phi) is 5.16. The first-order chi connectivity index (χ1) is 14.4. The minimum Gasteiger partial charge on any atom is -0.460 e. The molecule has 0 saturated heterocycles. The molecule has 4 rings (SSSR count). The summed E-state index contributed by atoms with van der Waals surface area (Å²) in [7, 11) is 0. The Balaban J connectivity index is 1.57. The minimum absolute atomic E-state index is 0.145. The Hall–Kier alpha value is -3.41. The SMILES string of the molecule is O=C1c2ccccc2C(C(=O)OCc2ccc(C(F)(F)F)cc2)C1c1ccccc1. The maximum absolute atomic E-state index is 13.0. The molecule has 3 nitrogen and oxygen atoms in total. The van der Waals surface area contributed by atoms with Crippen LogP contribution in [0.5, 0.6) is 0 Å². The predicted molar refractivity (Wildman–Crippen MR) is 104 cm³/mol. The van der Waals surface area contributed by atoms with Gasteiger partial charge >= 0.3 is 12.1 Å². The number of carbonyl (C=O) groups excluding carboxylic acids is 2. The molecule has 6 heteroatoms. The molecule has 3 aromatic rings. The van der Waals surface area contributed by atoms with Crippen LogP contribution in [-0.4, -0.2) is 11.8 Å². The van der Waals surface area contributed by atoms with Gasteiger partial charge in [0.25, 0.3) is 0 Å². The van der Waals surface area contributed by atoms with Crippen molar-refractivity contribution in [3.8, 4) is 0 Å². The predicted octanol–water partition coefficient (Wildman–Crippen LogP) is 5.51. The lowest BCUT2D eigenvalue weighted by Crippen LogP contribution is -2.21. The second-order valence-corrected chi connectivity index (χ2v) is 7.12. The van der Waals surface area contributed by atoms with E-state index in [1.807, 2.05) is 6.07 Å². The van der Waals surface area contributed by atoms with Crippen LogP contribution >= 0.6 is 0 Å². The standard InChI is InChI=1S/C24H17F3O3/c25-24(26,27)17-12-10-15(11-13-17)14-30-23(29)21-18-8-4-5-9-19(18)22(28)20(21)16-6-2-1-3-7-16/h1-13,20-21H,14H2. The third-order valence-electron chi connectivity index (χ3n) is 5.25. The Bertz CT molecular complexity index is 1070. The summed E-state index contributed by atoms with van der Waals surface area (Å²) < 4.78 is 43.5. The molecule has 2 unspecified atom stereocenters. The lowest BCUT2D eigenvalue weighted by Gasteiger charge is -2.19. The number of fused-ring (bicyclic) bond motifs is 1. The molecule has 0 bridgehead atoms. The lowest BCUT2D eigenvalue weighted by molar-refractivity contribution is -0.147. The van der Waals surface area contributed by atoms with Gasteiger partial charge in [-0.3, -0.25) is 9.59 Å². The number of benzene rings is 3. The fourth-order valence-electron chi connectivity index (χ4n) is 3.79. The highest BCUT2D eigenvalue weighted by Gasteiger charge is 2.45. The Morgan fingerprint density at radius 2 is 1.50 bits per heavy atom. The van der Waals surface area contributed by atoms with Crippen molar-refractivity contribution in [2.24, 2.45) is 0 Å². The Morgan fingerprint density at radius 1 is 0.867 bits per heavy atom. The zero-order valence-corrected chi connectivity index (χ0v) is 15.7. The number of hydrogen-bond donors (Lipinski definition) is 0. The van der Waals surface area contributed by atoms with E-state index < -0.39 is 29.5 Å². The molecule has 0 fully saturated rings. The highest BCUT2D eigenvalue weighted by molar-refractivity contribution is 6.10. The average Bonchev–Trinajstić information content (AvgIpc) is 3.05. The van der Waals surface area contributed by atoms with Gasteiger partial charge in [-0.25, -0.2) is 0 Å². The topological polar surface area (TPSA) is 43.4 Å². The van der Waals surface area contributed by atoms with E-state index in [9.17, 15) is 22.8 Å². The van der Waals surface area contributed by atoms with Gasteiger partial charge in [0.2, 0.25) is 0 Å². The van der Waals surface area contributed by atoms with Crippen molar-refractivity contribution < 1.29 is 27.5 Å². The van der Waals surface area contributed by atoms with Gasteiger partial charge in [-0.2, -0.15) is 13.2 Å². The second-order valence-electron chi connectivity index (χ2n) is 7.12.